The molecule has 0 saturated heterocycles. The molecule has 0 atom stereocenters. The molecule has 0 bridgehead atoms. The number of aromatic amines is 1. The fourth-order valence-electron chi connectivity index (χ4n) is 1.84. The number of nitrogens with one attached hydrogen (secondary N) is 2. The van der Waals surface area contributed by atoms with E-state index in [2.05, 4.69) is 36.4 Å². The number of aromatic hydroxyl groups is 1. The van der Waals surface area contributed by atoms with Crippen molar-refractivity contribution in [1.29, 1.82) is 0 Å². The number of halogens is 1. The molecule has 2 rings (SSSR count). The molecule has 0 fully saturated rings. The van der Waals surface area contributed by atoms with Gasteiger partial charge in [0.15, 0.2) is 11.5 Å². The van der Waals surface area contributed by atoms with Crippen molar-refractivity contribution in [3.8, 4) is 11.5 Å². The molecule has 0 saturated carbocycles. The lowest BCUT2D eigenvalue weighted by Gasteiger charge is -2.07. The number of H-pyrrole nitrogens is 1. The Balaban J connectivity index is 2.23. The van der Waals surface area contributed by atoms with Crippen LogP contribution in [-0.2, 0) is 0 Å². The quantitative estimate of drug-likeness (QED) is 0.546. The van der Waals surface area contributed by atoms with E-state index in [-0.39, 0.29) is 23.2 Å². The second-order valence-electron chi connectivity index (χ2n) is 5.09. The van der Waals surface area contributed by atoms with Crippen LogP contribution in [0, 0.1) is 0 Å². The van der Waals surface area contributed by atoms with Crippen molar-refractivity contribution in [2.24, 2.45) is 5.10 Å². The van der Waals surface area contributed by atoms with Gasteiger partial charge in [0.05, 0.1) is 19.0 Å². The van der Waals surface area contributed by atoms with E-state index in [1.54, 1.807) is 12.1 Å². The maximum Gasteiger partial charge on any atom is 0.252 e. The molecule has 1 aromatic carbocycles. The summed E-state index contributed by atoms with van der Waals surface area (Å²) in [5.74, 6) is 0.659. The number of nitrogens with zero attached hydrogens (tertiary/aromatic N) is 2. The first kappa shape index (κ1) is 17.0. The first-order chi connectivity index (χ1) is 10.9. The van der Waals surface area contributed by atoms with Gasteiger partial charge in [0.1, 0.15) is 0 Å². The highest BCUT2D eigenvalue weighted by molar-refractivity contribution is 9.10. The smallest absolute Gasteiger partial charge is 0.252 e. The number of hydrogen-bond donors (Lipinski definition) is 3. The highest BCUT2D eigenvalue weighted by atomic mass is 79.9. The number of rotatable bonds is 5. The minimum absolute atomic E-state index is 0.0290. The average molecular weight is 381 g/mol. The van der Waals surface area contributed by atoms with Crippen LogP contribution >= 0.6 is 15.9 Å². The number of benzene rings is 1. The minimum Gasteiger partial charge on any atom is -0.504 e. The molecular formula is C15H17BrN4O3. The fourth-order valence-corrected chi connectivity index (χ4v) is 2.29. The van der Waals surface area contributed by atoms with Gasteiger partial charge < -0.3 is 9.84 Å². The summed E-state index contributed by atoms with van der Waals surface area (Å²) in [4.78, 5) is 18.4. The van der Waals surface area contributed by atoms with Crippen molar-refractivity contribution in [3.63, 3.8) is 0 Å². The zero-order valence-electron chi connectivity index (χ0n) is 12.9. The summed E-state index contributed by atoms with van der Waals surface area (Å²) >= 11 is 3.33. The van der Waals surface area contributed by atoms with E-state index in [1.807, 2.05) is 13.8 Å². The third kappa shape index (κ3) is 4.32. The Morgan fingerprint density at radius 3 is 2.83 bits per heavy atom. The van der Waals surface area contributed by atoms with Crippen LogP contribution in [0.1, 0.15) is 31.0 Å². The monoisotopic (exact) mass is 380 g/mol. The van der Waals surface area contributed by atoms with E-state index in [4.69, 9.17) is 4.74 Å². The van der Waals surface area contributed by atoms with Crippen molar-refractivity contribution < 1.29 is 9.84 Å². The molecule has 3 N–H and O–H groups in total. The van der Waals surface area contributed by atoms with Gasteiger partial charge in [-0.15, -0.1) is 0 Å². The average Bonchev–Trinajstić information content (AvgIpc) is 2.49. The maximum absolute atomic E-state index is 11.6. The topological polar surface area (TPSA) is 99.6 Å². The third-order valence-corrected chi connectivity index (χ3v) is 3.47. The van der Waals surface area contributed by atoms with Crippen LogP contribution in [-0.4, -0.2) is 28.4 Å². The third-order valence-electron chi connectivity index (χ3n) is 3.02. The largest absolute Gasteiger partial charge is 0.504 e. The lowest BCUT2D eigenvalue weighted by Crippen LogP contribution is -2.12. The van der Waals surface area contributed by atoms with Gasteiger partial charge in [0.2, 0.25) is 5.95 Å². The van der Waals surface area contributed by atoms with E-state index in [9.17, 15) is 9.90 Å². The Labute approximate surface area is 141 Å². The van der Waals surface area contributed by atoms with Gasteiger partial charge in [-0.25, -0.2) is 10.4 Å². The molecule has 7 nitrogen and oxygen atoms in total. The molecule has 0 aliphatic rings. The van der Waals surface area contributed by atoms with Crippen LogP contribution in [0.15, 0.2) is 32.6 Å². The van der Waals surface area contributed by atoms with Gasteiger partial charge in [0, 0.05) is 16.1 Å². The Hall–Kier alpha value is -2.35. The normalized spacial score (nSPS) is 11.2. The van der Waals surface area contributed by atoms with Crippen LogP contribution < -0.4 is 15.7 Å². The highest BCUT2D eigenvalue weighted by Gasteiger charge is 2.08. The van der Waals surface area contributed by atoms with Crippen molar-refractivity contribution >= 4 is 28.1 Å². The van der Waals surface area contributed by atoms with E-state index >= 15 is 0 Å². The minimum atomic E-state index is -0.256. The number of aromatic nitrogens is 2. The Morgan fingerprint density at radius 1 is 1.43 bits per heavy atom. The number of phenolic OH excluding ortho intramolecular Hbond substituents is 1. The van der Waals surface area contributed by atoms with Gasteiger partial charge in [-0.05, 0) is 18.1 Å². The number of methoxy groups -OCH3 is 1. The maximum atomic E-state index is 11.6. The Morgan fingerprint density at radius 2 is 2.17 bits per heavy atom. The summed E-state index contributed by atoms with van der Waals surface area (Å²) in [6.07, 6.45) is 1.41. The summed E-state index contributed by atoms with van der Waals surface area (Å²) in [7, 11) is 1.47. The SMILES string of the molecule is COc1cc(Br)cc(/C=N\Nc2nc(C(C)C)cc(=O)[nH]2)c1O. The molecule has 8 heteroatoms. The number of ether oxygens (including phenoxy) is 1. The van der Waals surface area contributed by atoms with Crippen LogP contribution in [0.3, 0.4) is 0 Å². The molecule has 0 spiro atoms. The molecule has 0 aliphatic heterocycles. The number of phenols is 1. The highest BCUT2D eigenvalue weighted by Crippen LogP contribution is 2.32. The summed E-state index contributed by atoms with van der Waals surface area (Å²) in [5, 5.41) is 14.0. The summed E-state index contributed by atoms with van der Waals surface area (Å²) < 4.78 is 5.80. The second kappa shape index (κ2) is 7.28. The molecular weight excluding hydrogens is 364 g/mol. The molecule has 122 valence electrons. The van der Waals surface area contributed by atoms with E-state index in [1.165, 1.54) is 19.4 Å². The standard InChI is InChI=1S/C15H17BrN4O3/c1-8(2)11-6-13(21)19-15(18-11)20-17-7-9-4-10(16)5-12(23-3)14(9)22/h4-8,22H,1-3H3,(H2,18,19,20,21)/b17-7-. The van der Waals surface area contributed by atoms with Crippen molar-refractivity contribution in [2.45, 2.75) is 19.8 Å². The van der Waals surface area contributed by atoms with E-state index < -0.39 is 0 Å². The van der Waals surface area contributed by atoms with Crippen molar-refractivity contribution in [3.05, 3.63) is 44.3 Å². The summed E-state index contributed by atoms with van der Waals surface area (Å²) in [6.45, 7) is 3.89. The molecule has 1 aromatic heterocycles. The van der Waals surface area contributed by atoms with Crippen LogP contribution in [0.2, 0.25) is 0 Å². The molecule has 1 heterocycles. The van der Waals surface area contributed by atoms with Crippen molar-refractivity contribution in [2.75, 3.05) is 12.5 Å². The zero-order valence-corrected chi connectivity index (χ0v) is 14.5. The predicted molar refractivity (Wildman–Crippen MR) is 92.5 cm³/mol. The molecule has 0 amide bonds. The molecule has 23 heavy (non-hydrogen) atoms. The number of hydrazone groups is 1. The van der Waals surface area contributed by atoms with Crippen LogP contribution in [0.4, 0.5) is 5.95 Å². The molecule has 0 radical (unpaired) electrons. The Kier molecular flexibility index (Phi) is 5.38. The van der Waals surface area contributed by atoms with Gasteiger partial charge in [-0.2, -0.15) is 5.10 Å². The van der Waals surface area contributed by atoms with E-state index in [0.29, 0.717) is 17.0 Å². The van der Waals surface area contributed by atoms with Crippen LogP contribution in [0.25, 0.3) is 0 Å². The first-order valence-electron chi connectivity index (χ1n) is 6.87. The van der Waals surface area contributed by atoms with Crippen LogP contribution in [0.5, 0.6) is 11.5 Å². The zero-order chi connectivity index (χ0) is 17.0. The second-order valence-corrected chi connectivity index (χ2v) is 6.01. The molecule has 0 aliphatic carbocycles. The van der Waals surface area contributed by atoms with E-state index in [0.717, 1.165) is 4.47 Å². The molecule has 0 unspecified atom stereocenters. The number of anilines is 1. The first-order valence-corrected chi connectivity index (χ1v) is 7.67. The number of hydrogen-bond acceptors (Lipinski definition) is 6. The Bertz CT molecular complexity index is 787. The van der Waals surface area contributed by atoms with Crippen molar-refractivity contribution in [1.82, 2.24) is 9.97 Å². The van der Waals surface area contributed by atoms with Gasteiger partial charge in [0.25, 0.3) is 5.56 Å². The fraction of sp³-hybridized carbons (Fsp3) is 0.267. The summed E-state index contributed by atoms with van der Waals surface area (Å²) in [5.41, 5.74) is 3.51. The summed E-state index contributed by atoms with van der Waals surface area (Å²) in [6, 6.07) is 4.78. The van der Waals surface area contributed by atoms with Gasteiger partial charge in [-0.3, -0.25) is 9.78 Å². The molecule has 2 aromatic rings. The van der Waals surface area contributed by atoms with Gasteiger partial charge in [-0.1, -0.05) is 29.8 Å². The van der Waals surface area contributed by atoms with Gasteiger partial charge >= 0.3 is 0 Å². The predicted octanol–water partition coefficient (Wildman–Crippen LogP) is 2.82. The lowest BCUT2D eigenvalue weighted by molar-refractivity contribution is 0.373. The lowest BCUT2D eigenvalue weighted by atomic mass is 10.1.